The molecule has 3 aliphatic rings. The van der Waals surface area contributed by atoms with Gasteiger partial charge in [0.25, 0.3) is 14.2 Å². The van der Waals surface area contributed by atoms with Crippen molar-refractivity contribution in [2.24, 2.45) is 0 Å². The average Bonchev–Trinajstić information content (AvgIpc) is 3.41. The second-order valence-electron chi connectivity index (χ2n) is 15.1. The maximum absolute atomic E-state index is 13.2. The first-order valence-electron chi connectivity index (χ1n) is 16.6. The molecule has 9 heteroatoms. The van der Waals surface area contributed by atoms with E-state index < -0.39 is 8.32 Å². The summed E-state index contributed by atoms with van der Waals surface area (Å²) in [5.41, 5.74) is 6.71. The first-order chi connectivity index (χ1) is 21.2. The highest BCUT2D eigenvalue weighted by atomic mass is 32.2. The van der Waals surface area contributed by atoms with Crippen LogP contribution >= 0.6 is 11.8 Å². The van der Waals surface area contributed by atoms with Gasteiger partial charge in [-0.1, -0.05) is 38.6 Å². The Bertz CT molecular complexity index is 1660. The summed E-state index contributed by atoms with van der Waals surface area (Å²) >= 11 is 1.52. The van der Waals surface area contributed by atoms with Gasteiger partial charge in [-0.05, 0) is 113 Å². The van der Waals surface area contributed by atoms with Crippen LogP contribution in [0.4, 0.5) is 0 Å². The Balaban J connectivity index is 1.03. The van der Waals surface area contributed by atoms with Gasteiger partial charge in [-0.25, -0.2) is 4.98 Å². The summed E-state index contributed by atoms with van der Waals surface area (Å²) in [5, 5.41) is 4.50. The fourth-order valence-electron chi connectivity index (χ4n) is 6.57. The van der Waals surface area contributed by atoms with Crippen molar-refractivity contribution in [2.75, 3.05) is 19.6 Å². The highest BCUT2D eigenvalue weighted by Gasteiger charge is 2.41. The Hall–Kier alpha value is -2.75. The third kappa shape index (κ3) is 6.20. The predicted octanol–water partition coefficient (Wildman–Crippen LogP) is 7.84. The molecule has 0 radical (unpaired) electrons. The van der Waals surface area contributed by atoms with Gasteiger partial charge in [0.2, 0.25) is 0 Å². The van der Waals surface area contributed by atoms with Gasteiger partial charge in [0.05, 0.1) is 21.8 Å². The normalized spacial score (nSPS) is 20.9. The van der Waals surface area contributed by atoms with E-state index in [-0.39, 0.29) is 22.6 Å². The SMILES string of the molecule is Cc1c(C)c2c(c(C)c1O[Si](C)(C)C(C)(C)C)CCC(C)(CCN1CCC(NC(=O)C3=Cc4cnc5cccc(n45)S3)CC1)O2. The first-order valence-corrected chi connectivity index (χ1v) is 20.3. The van der Waals surface area contributed by atoms with Gasteiger partial charge >= 0.3 is 0 Å². The molecule has 3 aromatic rings. The summed E-state index contributed by atoms with van der Waals surface area (Å²) in [6.45, 7) is 23.4. The van der Waals surface area contributed by atoms with Crippen molar-refractivity contribution in [3.05, 3.63) is 57.2 Å². The first kappa shape index (κ1) is 32.2. The van der Waals surface area contributed by atoms with Crippen LogP contribution in [0, 0.1) is 20.8 Å². The molecule has 1 unspecified atom stereocenters. The quantitative estimate of drug-likeness (QED) is 0.264. The monoisotopic (exact) mass is 646 g/mol. The van der Waals surface area contributed by atoms with E-state index >= 15 is 0 Å². The summed E-state index contributed by atoms with van der Waals surface area (Å²) in [6, 6.07) is 6.22. The van der Waals surface area contributed by atoms with Crippen LogP contribution in [0.1, 0.15) is 81.3 Å². The highest BCUT2D eigenvalue weighted by Crippen LogP contribution is 2.47. The number of piperidine rings is 1. The Morgan fingerprint density at radius 1 is 1.16 bits per heavy atom. The molecule has 6 rings (SSSR count). The molecule has 0 spiro atoms. The lowest BCUT2D eigenvalue weighted by Crippen LogP contribution is -2.47. The molecular formula is C36H50N4O3SSi. The van der Waals surface area contributed by atoms with Crippen molar-refractivity contribution in [2.45, 2.75) is 115 Å². The molecule has 1 aromatic carbocycles. The second-order valence-corrected chi connectivity index (χ2v) is 20.9. The summed E-state index contributed by atoms with van der Waals surface area (Å²) in [7, 11) is -1.96. The fraction of sp³-hybridized carbons (Fsp3) is 0.556. The Morgan fingerprint density at radius 2 is 1.89 bits per heavy atom. The minimum absolute atomic E-state index is 0.0171. The number of benzene rings is 1. The molecule has 1 amide bonds. The van der Waals surface area contributed by atoms with Gasteiger partial charge in [0.15, 0.2) is 0 Å². The number of thioether (sulfide) groups is 1. The van der Waals surface area contributed by atoms with Gasteiger partial charge in [0.1, 0.15) is 22.7 Å². The van der Waals surface area contributed by atoms with Crippen LogP contribution in [-0.4, -0.2) is 59.8 Å². The standard InChI is InChI=1S/C36H50N4O3SSi/c1-23-24(2)33-28(25(3)32(23)43-45(8,9)35(4,5)6)13-16-36(7,42-33)17-20-39-18-14-26(15-19-39)38-34(41)29-21-27-22-37-30-11-10-12-31(44-29)40(27)30/h10-12,21-22,26H,13-20H2,1-9H3,(H,38,41). The number of nitrogens with zero attached hydrogens (tertiary/aromatic N) is 3. The van der Waals surface area contributed by atoms with Crippen LogP contribution in [0.5, 0.6) is 11.5 Å². The molecule has 1 atom stereocenters. The summed E-state index contributed by atoms with van der Waals surface area (Å²) < 4.78 is 15.9. The van der Waals surface area contributed by atoms with Crippen molar-refractivity contribution in [3.8, 4) is 11.5 Å². The molecule has 3 aliphatic heterocycles. The van der Waals surface area contributed by atoms with Gasteiger partial charge in [-0.3, -0.25) is 9.20 Å². The molecule has 1 fully saturated rings. The van der Waals surface area contributed by atoms with E-state index in [4.69, 9.17) is 9.16 Å². The number of aromatic nitrogens is 2. The lowest BCUT2D eigenvalue weighted by molar-refractivity contribution is -0.117. The number of pyridine rings is 1. The number of rotatable bonds is 7. The number of nitrogens with one attached hydrogen (secondary N) is 1. The van der Waals surface area contributed by atoms with E-state index in [1.165, 1.54) is 34.0 Å². The molecule has 242 valence electrons. The molecule has 0 saturated carbocycles. The largest absolute Gasteiger partial charge is 0.543 e. The summed E-state index contributed by atoms with van der Waals surface area (Å²) in [6.07, 6.45) is 8.74. The molecule has 45 heavy (non-hydrogen) atoms. The zero-order valence-corrected chi connectivity index (χ0v) is 30.4. The Morgan fingerprint density at radius 3 is 2.60 bits per heavy atom. The van der Waals surface area contributed by atoms with Crippen LogP contribution in [0.3, 0.4) is 0 Å². The maximum Gasteiger partial charge on any atom is 0.258 e. The van der Waals surface area contributed by atoms with Gasteiger partial charge < -0.3 is 19.4 Å². The topological polar surface area (TPSA) is 68.1 Å². The van der Waals surface area contributed by atoms with E-state index in [1.54, 1.807) is 0 Å². The van der Waals surface area contributed by atoms with Crippen molar-refractivity contribution < 1.29 is 14.0 Å². The smallest absolute Gasteiger partial charge is 0.258 e. The third-order valence-corrected chi connectivity index (χ3v) is 16.2. The number of carbonyl (C=O) groups is 1. The molecule has 1 saturated heterocycles. The number of imidazole rings is 1. The van der Waals surface area contributed by atoms with Crippen LogP contribution in [0.25, 0.3) is 11.7 Å². The number of fused-ring (bicyclic) bond motifs is 1. The molecule has 2 aromatic heterocycles. The van der Waals surface area contributed by atoms with Crippen molar-refractivity contribution >= 4 is 37.7 Å². The van der Waals surface area contributed by atoms with Gasteiger partial charge in [-0.2, -0.15) is 0 Å². The molecule has 0 bridgehead atoms. The van der Waals surface area contributed by atoms with Crippen molar-refractivity contribution in [1.82, 2.24) is 19.6 Å². The highest BCUT2D eigenvalue weighted by molar-refractivity contribution is 8.04. The third-order valence-electron chi connectivity index (χ3n) is 10.8. The van der Waals surface area contributed by atoms with E-state index in [0.717, 1.165) is 84.5 Å². The van der Waals surface area contributed by atoms with Crippen LogP contribution < -0.4 is 14.5 Å². The van der Waals surface area contributed by atoms with Crippen molar-refractivity contribution in [3.63, 3.8) is 0 Å². The molecule has 0 aliphatic carbocycles. The number of hydrogen-bond acceptors (Lipinski definition) is 6. The molecule has 1 N–H and O–H groups in total. The van der Waals surface area contributed by atoms with Crippen LogP contribution in [-0.2, 0) is 11.2 Å². The number of ether oxygens (including phenoxy) is 1. The van der Waals surface area contributed by atoms with Crippen LogP contribution in [0.2, 0.25) is 18.1 Å². The fourth-order valence-corrected chi connectivity index (χ4v) is 8.69. The number of likely N-dealkylation sites (tertiary alicyclic amines) is 1. The average molecular weight is 647 g/mol. The second kappa shape index (κ2) is 11.8. The van der Waals surface area contributed by atoms with E-state index in [2.05, 4.69) is 81.2 Å². The van der Waals surface area contributed by atoms with Gasteiger partial charge in [0, 0.05) is 31.2 Å². The zero-order chi connectivity index (χ0) is 32.3. The summed E-state index contributed by atoms with van der Waals surface area (Å²) in [4.78, 5) is 21.0. The maximum atomic E-state index is 13.2. The predicted molar refractivity (Wildman–Crippen MR) is 187 cm³/mol. The lowest BCUT2D eigenvalue weighted by Gasteiger charge is -2.42. The molecular weight excluding hydrogens is 597 g/mol. The van der Waals surface area contributed by atoms with E-state index in [9.17, 15) is 4.79 Å². The minimum atomic E-state index is -1.96. The number of amides is 1. The molecule has 5 heterocycles. The van der Waals surface area contributed by atoms with Crippen molar-refractivity contribution in [1.29, 1.82) is 0 Å². The summed E-state index contributed by atoms with van der Waals surface area (Å²) in [5.74, 6) is 2.18. The minimum Gasteiger partial charge on any atom is -0.543 e. The van der Waals surface area contributed by atoms with Crippen LogP contribution in [0.15, 0.2) is 34.3 Å². The Labute approximate surface area is 274 Å². The van der Waals surface area contributed by atoms with Gasteiger partial charge in [-0.15, -0.1) is 0 Å². The van der Waals surface area contributed by atoms with E-state index in [0.29, 0.717) is 0 Å². The lowest BCUT2D eigenvalue weighted by atomic mass is 9.85. The number of hydrogen-bond donors (Lipinski definition) is 1. The Kier molecular flexibility index (Phi) is 8.44. The zero-order valence-electron chi connectivity index (χ0n) is 28.6. The molecule has 7 nitrogen and oxygen atoms in total. The number of carbonyl (C=O) groups excluding carboxylic acids is 1. The van der Waals surface area contributed by atoms with E-state index in [1.807, 2.05) is 30.5 Å².